The lowest BCUT2D eigenvalue weighted by atomic mass is 10.2. The molecular formula is C16H14N4O2S2. The highest BCUT2D eigenvalue weighted by atomic mass is 32.2. The number of fused-ring (bicyclic) bond motifs is 1. The Morgan fingerprint density at radius 1 is 1.25 bits per heavy atom. The van der Waals surface area contributed by atoms with Gasteiger partial charge >= 0.3 is 0 Å². The molecule has 24 heavy (non-hydrogen) atoms. The van der Waals surface area contributed by atoms with E-state index < -0.39 is 0 Å². The molecular weight excluding hydrogens is 344 g/mol. The topological polar surface area (TPSA) is 84.0 Å². The minimum absolute atomic E-state index is 0.155. The second-order valence-corrected chi connectivity index (χ2v) is 6.69. The molecule has 2 amide bonds. The van der Waals surface area contributed by atoms with Gasteiger partial charge in [-0.05, 0) is 29.6 Å². The Bertz CT molecular complexity index is 894. The van der Waals surface area contributed by atoms with E-state index in [0.29, 0.717) is 11.3 Å². The van der Waals surface area contributed by atoms with Crippen LogP contribution in [0.5, 0.6) is 0 Å². The first-order chi connectivity index (χ1) is 11.7. The van der Waals surface area contributed by atoms with E-state index in [1.165, 1.54) is 18.1 Å². The summed E-state index contributed by atoms with van der Waals surface area (Å²) in [6, 6.07) is 8.74. The Morgan fingerprint density at radius 3 is 2.96 bits per heavy atom. The Labute approximate surface area is 146 Å². The summed E-state index contributed by atoms with van der Waals surface area (Å²) < 4.78 is 0.983. The molecule has 0 spiro atoms. The molecule has 2 N–H and O–H groups in total. The summed E-state index contributed by atoms with van der Waals surface area (Å²) in [5, 5.41) is 8.10. The summed E-state index contributed by atoms with van der Waals surface area (Å²) in [6.07, 6.45) is 1.50. The normalized spacial score (nSPS) is 10.5. The van der Waals surface area contributed by atoms with E-state index in [2.05, 4.69) is 20.6 Å². The largest absolute Gasteiger partial charge is 0.355 e. The van der Waals surface area contributed by atoms with Crippen LogP contribution in [0.1, 0.15) is 10.4 Å². The fourth-order valence-corrected chi connectivity index (χ4v) is 3.83. The van der Waals surface area contributed by atoms with Gasteiger partial charge in [0.05, 0.1) is 16.0 Å². The maximum atomic E-state index is 12.1. The van der Waals surface area contributed by atoms with Crippen molar-refractivity contribution < 1.29 is 9.59 Å². The summed E-state index contributed by atoms with van der Waals surface area (Å²) in [4.78, 5) is 32.2. The van der Waals surface area contributed by atoms with Gasteiger partial charge in [0.15, 0.2) is 0 Å². The van der Waals surface area contributed by atoms with Crippen LogP contribution < -0.4 is 10.6 Å². The van der Waals surface area contributed by atoms with Crippen LogP contribution in [0.4, 0.5) is 5.69 Å². The fourth-order valence-electron chi connectivity index (χ4n) is 2.08. The number of nitrogens with one attached hydrogen (secondary N) is 2. The Balaban J connectivity index is 1.64. The average molecular weight is 358 g/mol. The number of benzene rings is 1. The molecule has 3 rings (SSSR count). The van der Waals surface area contributed by atoms with Gasteiger partial charge in [0.1, 0.15) is 11.4 Å². The Kier molecular flexibility index (Phi) is 5.07. The molecule has 0 atom stereocenters. The van der Waals surface area contributed by atoms with E-state index in [1.807, 2.05) is 11.4 Å². The molecule has 2 heterocycles. The maximum Gasteiger partial charge on any atom is 0.251 e. The van der Waals surface area contributed by atoms with Crippen molar-refractivity contribution in [3.05, 3.63) is 47.6 Å². The lowest BCUT2D eigenvalue weighted by molar-refractivity contribution is -0.113. The molecule has 0 aliphatic carbocycles. The molecule has 122 valence electrons. The van der Waals surface area contributed by atoms with Crippen molar-refractivity contribution in [3.63, 3.8) is 0 Å². The molecule has 2 aromatic heterocycles. The third-order valence-electron chi connectivity index (χ3n) is 3.19. The van der Waals surface area contributed by atoms with E-state index in [-0.39, 0.29) is 17.6 Å². The zero-order chi connectivity index (χ0) is 16.9. The van der Waals surface area contributed by atoms with Crippen molar-refractivity contribution in [1.29, 1.82) is 0 Å². The van der Waals surface area contributed by atoms with Gasteiger partial charge in [-0.3, -0.25) is 9.59 Å². The molecule has 8 heteroatoms. The van der Waals surface area contributed by atoms with Crippen LogP contribution in [-0.2, 0) is 4.79 Å². The highest BCUT2D eigenvalue weighted by Gasteiger charge is 2.10. The van der Waals surface area contributed by atoms with Gasteiger partial charge in [-0.15, -0.1) is 11.3 Å². The van der Waals surface area contributed by atoms with Crippen molar-refractivity contribution in [2.75, 3.05) is 18.1 Å². The van der Waals surface area contributed by atoms with Crippen LogP contribution in [0.3, 0.4) is 0 Å². The zero-order valence-electron chi connectivity index (χ0n) is 12.8. The number of carbonyl (C=O) groups is 2. The number of hydrogen-bond donors (Lipinski definition) is 2. The molecule has 6 nitrogen and oxygen atoms in total. The second kappa shape index (κ2) is 7.41. The van der Waals surface area contributed by atoms with Crippen LogP contribution in [0.25, 0.3) is 10.2 Å². The highest BCUT2D eigenvalue weighted by molar-refractivity contribution is 8.00. The predicted octanol–water partition coefficient (Wildman–Crippen LogP) is 2.78. The minimum atomic E-state index is -0.193. The van der Waals surface area contributed by atoms with Crippen LogP contribution in [0.2, 0.25) is 0 Å². The van der Waals surface area contributed by atoms with E-state index in [4.69, 9.17) is 0 Å². The number of thiophene rings is 1. The first kappa shape index (κ1) is 16.4. The lowest BCUT2D eigenvalue weighted by Crippen LogP contribution is -2.19. The van der Waals surface area contributed by atoms with Gasteiger partial charge < -0.3 is 10.6 Å². The number of rotatable bonds is 5. The summed E-state index contributed by atoms with van der Waals surface area (Å²) in [5.41, 5.74) is 1.97. The Morgan fingerprint density at radius 2 is 2.12 bits per heavy atom. The van der Waals surface area contributed by atoms with Gasteiger partial charge in [0, 0.05) is 18.3 Å². The third-order valence-corrected chi connectivity index (χ3v) is 5.22. The van der Waals surface area contributed by atoms with E-state index in [9.17, 15) is 9.59 Å². The quantitative estimate of drug-likeness (QED) is 0.541. The van der Waals surface area contributed by atoms with E-state index >= 15 is 0 Å². The molecule has 0 bridgehead atoms. The number of aromatic nitrogens is 2. The van der Waals surface area contributed by atoms with Crippen molar-refractivity contribution >= 4 is 50.8 Å². The van der Waals surface area contributed by atoms with E-state index in [1.54, 1.807) is 42.6 Å². The molecule has 0 aliphatic rings. The van der Waals surface area contributed by atoms with Gasteiger partial charge in [0.2, 0.25) is 5.91 Å². The van der Waals surface area contributed by atoms with Gasteiger partial charge in [-0.25, -0.2) is 9.97 Å². The van der Waals surface area contributed by atoms with Crippen LogP contribution in [0.15, 0.2) is 47.1 Å². The number of hydrogen-bond acceptors (Lipinski definition) is 6. The molecule has 3 aromatic rings. The number of nitrogens with zero attached hydrogens (tertiary/aromatic N) is 2. The summed E-state index contributed by atoms with van der Waals surface area (Å²) >= 11 is 2.92. The van der Waals surface area contributed by atoms with Crippen molar-refractivity contribution in [2.24, 2.45) is 0 Å². The zero-order valence-corrected chi connectivity index (χ0v) is 14.4. The lowest BCUT2D eigenvalue weighted by Gasteiger charge is -2.07. The summed E-state index contributed by atoms with van der Waals surface area (Å²) in [6.45, 7) is 0. The van der Waals surface area contributed by atoms with Crippen LogP contribution >= 0.6 is 23.1 Å². The number of carbonyl (C=O) groups excluding carboxylic acids is 2. The van der Waals surface area contributed by atoms with E-state index in [0.717, 1.165) is 15.2 Å². The molecule has 0 saturated carbocycles. The molecule has 0 aliphatic heterocycles. The number of amides is 2. The molecule has 0 saturated heterocycles. The number of anilines is 1. The first-order valence-electron chi connectivity index (χ1n) is 7.10. The second-order valence-electron chi connectivity index (χ2n) is 4.81. The highest BCUT2D eigenvalue weighted by Crippen LogP contribution is 2.28. The molecule has 0 unspecified atom stereocenters. The Hall–Kier alpha value is -2.45. The van der Waals surface area contributed by atoms with Crippen molar-refractivity contribution in [1.82, 2.24) is 15.3 Å². The standard InChI is InChI=1S/C16H14N4O2S2/c1-17-15(22)10-3-2-4-11(7-10)20-13(21)8-24-16-14-12(5-6-23-14)18-9-19-16/h2-7,9H,8H2,1H3,(H,17,22)(H,20,21). The van der Waals surface area contributed by atoms with Gasteiger partial charge in [0.25, 0.3) is 5.91 Å². The van der Waals surface area contributed by atoms with Crippen LogP contribution in [-0.4, -0.2) is 34.6 Å². The first-order valence-corrected chi connectivity index (χ1v) is 8.97. The molecule has 0 fully saturated rings. The van der Waals surface area contributed by atoms with Gasteiger partial charge in [-0.2, -0.15) is 0 Å². The number of thioether (sulfide) groups is 1. The van der Waals surface area contributed by atoms with Gasteiger partial charge in [-0.1, -0.05) is 17.8 Å². The maximum absolute atomic E-state index is 12.1. The monoisotopic (exact) mass is 358 g/mol. The predicted molar refractivity (Wildman–Crippen MR) is 96.6 cm³/mol. The minimum Gasteiger partial charge on any atom is -0.355 e. The SMILES string of the molecule is CNC(=O)c1cccc(NC(=O)CSc2ncnc3ccsc23)c1. The molecule has 0 radical (unpaired) electrons. The smallest absolute Gasteiger partial charge is 0.251 e. The third kappa shape index (κ3) is 3.72. The average Bonchev–Trinajstić information content (AvgIpc) is 3.08. The fraction of sp³-hybridized carbons (Fsp3) is 0.125. The summed E-state index contributed by atoms with van der Waals surface area (Å²) in [7, 11) is 1.57. The van der Waals surface area contributed by atoms with Crippen molar-refractivity contribution in [2.45, 2.75) is 5.03 Å². The van der Waals surface area contributed by atoms with Crippen molar-refractivity contribution in [3.8, 4) is 0 Å². The molecule has 1 aromatic carbocycles. The summed E-state index contributed by atoms with van der Waals surface area (Å²) in [5.74, 6) is -0.118. The van der Waals surface area contributed by atoms with Crippen LogP contribution in [0, 0.1) is 0 Å².